The Bertz CT molecular complexity index is 1390. The van der Waals surface area contributed by atoms with Crippen LogP contribution in [0.4, 0.5) is 4.39 Å². The van der Waals surface area contributed by atoms with Gasteiger partial charge in [-0.25, -0.2) is 9.18 Å². The zero-order chi connectivity index (χ0) is 22.7. The highest BCUT2D eigenvalue weighted by Crippen LogP contribution is 2.14. The van der Waals surface area contributed by atoms with Crippen LogP contribution < -0.4 is 11.2 Å². The second-order valence-corrected chi connectivity index (χ2v) is 7.50. The molecule has 0 aliphatic carbocycles. The van der Waals surface area contributed by atoms with Crippen molar-refractivity contribution in [1.29, 1.82) is 0 Å². The molecule has 4 aromatic rings. The van der Waals surface area contributed by atoms with E-state index in [0.717, 1.165) is 5.56 Å². The number of ketones is 1. The lowest BCUT2D eigenvalue weighted by Crippen LogP contribution is -2.40. The lowest BCUT2D eigenvalue weighted by atomic mass is 10.1. The molecule has 0 saturated carbocycles. The molecule has 7 heteroatoms. The Morgan fingerprint density at radius 1 is 0.875 bits per heavy atom. The summed E-state index contributed by atoms with van der Waals surface area (Å²) in [6, 6.07) is 19.8. The first-order valence-corrected chi connectivity index (χ1v) is 10.2. The predicted molar refractivity (Wildman–Crippen MR) is 120 cm³/mol. The number of nitrogens with zero attached hydrogens (tertiary/aromatic N) is 2. The highest BCUT2D eigenvalue weighted by Gasteiger charge is 2.15. The summed E-state index contributed by atoms with van der Waals surface area (Å²) < 4.78 is 16.5. The molecule has 0 unspecified atom stereocenters. The van der Waals surface area contributed by atoms with E-state index in [9.17, 15) is 18.8 Å². The van der Waals surface area contributed by atoms with Crippen molar-refractivity contribution in [3.05, 3.63) is 116 Å². The monoisotopic (exact) mass is 432 g/mol. The summed E-state index contributed by atoms with van der Waals surface area (Å²) in [5, 5.41) is 9.26. The Labute approximate surface area is 182 Å². The van der Waals surface area contributed by atoms with Crippen LogP contribution in [0.3, 0.4) is 0 Å². The number of aliphatic hydroxyl groups excluding tert-OH is 1. The molecule has 6 nitrogen and oxygen atoms in total. The molecular weight excluding hydrogens is 411 g/mol. The Morgan fingerprint density at radius 3 is 2.28 bits per heavy atom. The number of fused-ring (bicyclic) bond motifs is 1. The first-order chi connectivity index (χ1) is 15.5. The lowest BCUT2D eigenvalue weighted by Gasteiger charge is -2.15. The molecule has 0 aliphatic heterocycles. The van der Waals surface area contributed by atoms with E-state index >= 15 is 0 Å². The molecule has 1 aromatic heterocycles. The Kier molecular flexibility index (Phi) is 6.09. The molecule has 0 atom stereocenters. The third-order valence-corrected chi connectivity index (χ3v) is 5.42. The van der Waals surface area contributed by atoms with Crippen molar-refractivity contribution in [1.82, 2.24) is 9.13 Å². The van der Waals surface area contributed by atoms with Crippen molar-refractivity contribution in [3.63, 3.8) is 0 Å². The van der Waals surface area contributed by atoms with E-state index in [0.29, 0.717) is 17.5 Å². The van der Waals surface area contributed by atoms with Crippen LogP contribution in [0.15, 0.2) is 82.4 Å². The maximum Gasteiger partial charge on any atom is 0.331 e. The molecular formula is C25H21FN2O4. The number of Topliss-reactive ketones (excluding diaryl/α,β-unsaturated/α-hetero) is 1. The first kappa shape index (κ1) is 21.4. The molecule has 0 radical (unpaired) electrons. The van der Waals surface area contributed by atoms with Crippen molar-refractivity contribution >= 4 is 16.7 Å². The molecule has 32 heavy (non-hydrogen) atoms. The molecule has 0 amide bonds. The summed E-state index contributed by atoms with van der Waals surface area (Å²) in [4.78, 5) is 37.9. The van der Waals surface area contributed by atoms with Gasteiger partial charge in [0.25, 0.3) is 5.56 Å². The Morgan fingerprint density at radius 2 is 1.59 bits per heavy atom. The van der Waals surface area contributed by atoms with Crippen LogP contribution in [0.5, 0.6) is 0 Å². The standard InChI is InChI=1S/C25H21FN2O4/c26-20-10-11-21-22(14-20)28(15-18-6-8-19(9-7-18)23(30)16-29)25(32)27(24(21)31)13-12-17-4-2-1-3-5-17/h1-11,14,29H,12-13,15-16H2. The molecule has 0 spiro atoms. The molecule has 0 bridgehead atoms. The first-order valence-electron chi connectivity index (χ1n) is 10.2. The van der Waals surface area contributed by atoms with E-state index in [1.807, 2.05) is 30.3 Å². The van der Waals surface area contributed by atoms with Crippen LogP contribution >= 0.6 is 0 Å². The van der Waals surface area contributed by atoms with Gasteiger partial charge in [0.05, 0.1) is 17.4 Å². The summed E-state index contributed by atoms with van der Waals surface area (Å²) in [5.41, 5.74) is 1.27. The minimum atomic E-state index is -0.588. The third-order valence-electron chi connectivity index (χ3n) is 5.42. The van der Waals surface area contributed by atoms with Crippen molar-refractivity contribution in [3.8, 4) is 0 Å². The van der Waals surface area contributed by atoms with Crippen molar-refractivity contribution in [2.45, 2.75) is 19.5 Å². The fraction of sp³-hybridized carbons (Fsp3) is 0.160. The van der Waals surface area contributed by atoms with Crippen LogP contribution in [0.1, 0.15) is 21.5 Å². The van der Waals surface area contributed by atoms with Gasteiger partial charge in [-0.3, -0.25) is 18.7 Å². The quantitative estimate of drug-likeness (QED) is 0.456. The summed E-state index contributed by atoms with van der Waals surface area (Å²) >= 11 is 0. The van der Waals surface area contributed by atoms with E-state index in [1.165, 1.54) is 27.3 Å². The SMILES string of the molecule is O=C(CO)c1ccc(Cn2c(=O)n(CCc3ccccc3)c(=O)c3ccc(F)cc32)cc1. The van der Waals surface area contributed by atoms with Gasteiger partial charge in [0, 0.05) is 12.1 Å². The smallest absolute Gasteiger partial charge is 0.331 e. The van der Waals surface area contributed by atoms with Crippen LogP contribution in [-0.2, 0) is 19.5 Å². The highest BCUT2D eigenvalue weighted by molar-refractivity contribution is 5.96. The number of carbonyl (C=O) groups is 1. The molecule has 4 rings (SSSR count). The zero-order valence-corrected chi connectivity index (χ0v) is 17.2. The van der Waals surface area contributed by atoms with Crippen molar-refractivity contribution in [2.24, 2.45) is 0 Å². The lowest BCUT2D eigenvalue weighted by molar-refractivity contribution is 0.0903. The second kappa shape index (κ2) is 9.11. The highest BCUT2D eigenvalue weighted by atomic mass is 19.1. The molecule has 1 heterocycles. The van der Waals surface area contributed by atoms with Crippen molar-refractivity contribution < 1.29 is 14.3 Å². The normalized spacial score (nSPS) is 11.1. The minimum absolute atomic E-state index is 0.0952. The Balaban J connectivity index is 1.78. The molecule has 0 saturated heterocycles. The largest absolute Gasteiger partial charge is 0.388 e. The topological polar surface area (TPSA) is 81.3 Å². The van der Waals surface area contributed by atoms with E-state index in [1.54, 1.807) is 24.3 Å². The number of carbonyl (C=O) groups excluding carboxylic acids is 1. The molecule has 162 valence electrons. The fourth-order valence-corrected chi connectivity index (χ4v) is 3.70. The maximum atomic E-state index is 14.0. The summed E-state index contributed by atoms with van der Waals surface area (Å²) in [5.74, 6) is -0.952. The number of aryl methyl sites for hydroxylation is 1. The zero-order valence-electron chi connectivity index (χ0n) is 17.2. The maximum absolute atomic E-state index is 14.0. The number of aromatic nitrogens is 2. The number of hydrogen-bond donors (Lipinski definition) is 1. The number of halogens is 1. The van der Waals surface area contributed by atoms with E-state index in [-0.39, 0.29) is 24.0 Å². The van der Waals surface area contributed by atoms with Gasteiger partial charge in [0.2, 0.25) is 0 Å². The molecule has 3 aromatic carbocycles. The van der Waals surface area contributed by atoms with Gasteiger partial charge in [0.1, 0.15) is 12.4 Å². The van der Waals surface area contributed by atoms with Gasteiger partial charge in [-0.1, -0.05) is 54.6 Å². The van der Waals surface area contributed by atoms with Gasteiger partial charge < -0.3 is 5.11 Å². The van der Waals surface area contributed by atoms with Gasteiger partial charge in [-0.2, -0.15) is 0 Å². The van der Waals surface area contributed by atoms with Gasteiger partial charge >= 0.3 is 5.69 Å². The van der Waals surface area contributed by atoms with E-state index < -0.39 is 29.5 Å². The van der Waals surface area contributed by atoms with Crippen LogP contribution in [0.2, 0.25) is 0 Å². The molecule has 0 aliphatic rings. The van der Waals surface area contributed by atoms with E-state index in [2.05, 4.69) is 0 Å². The summed E-state index contributed by atoms with van der Waals surface area (Å²) in [7, 11) is 0. The second-order valence-electron chi connectivity index (χ2n) is 7.50. The number of benzene rings is 3. The summed E-state index contributed by atoms with van der Waals surface area (Å²) in [6.07, 6.45) is 0.501. The fourth-order valence-electron chi connectivity index (χ4n) is 3.70. The average Bonchev–Trinajstić information content (AvgIpc) is 2.82. The number of rotatable bonds is 7. The number of hydrogen-bond acceptors (Lipinski definition) is 4. The minimum Gasteiger partial charge on any atom is -0.388 e. The van der Waals surface area contributed by atoms with Crippen LogP contribution in [0.25, 0.3) is 10.9 Å². The van der Waals surface area contributed by atoms with Gasteiger partial charge in [-0.05, 0) is 35.7 Å². The third kappa shape index (κ3) is 4.29. The molecule has 0 fully saturated rings. The average molecular weight is 432 g/mol. The van der Waals surface area contributed by atoms with Crippen LogP contribution in [0, 0.1) is 5.82 Å². The van der Waals surface area contributed by atoms with Gasteiger partial charge in [0.15, 0.2) is 5.78 Å². The van der Waals surface area contributed by atoms with E-state index in [4.69, 9.17) is 5.11 Å². The van der Waals surface area contributed by atoms with Gasteiger partial charge in [-0.15, -0.1) is 0 Å². The predicted octanol–water partition coefficient (Wildman–Crippen LogP) is 2.77. The summed E-state index contributed by atoms with van der Waals surface area (Å²) in [6.45, 7) is -0.300. The number of aliphatic hydroxyl groups is 1. The van der Waals surface area contributed by atoms with Crippen molar-refractivity contribution in [2.75, 3.05) is 6.61 Å². The van der Waals surface area contributed by atoms with Crippen LogP contribution in [-0.4, -0.2) is 26.6 Å². The molecule has 1 N–H and O–H groups in total. The Hall–Kier alpha value is -3.84.